The van der Waals surface area contributed by atoms with E-state index in [1.165, 1.54) is 10.9 Å². The smallest absolute Gasteiger partial charge is 0.193 e. The van der Waals surface area contributed by atoms with E-state index < -0.39 is 0 Å². The van der Waals surface area contributed by atoms with Gasteiger partial charge in [0.2, 0.25) is 0 Å². The van der Waals surface area contributed by atoms with Gasteiger partial charge in [-0.3, -0.25) is 4.99 Å². The molecule has 1 aromatic carbocycles. The SMILES string of the molecule is CN=C(NCCc1c[nH]c2ccc(Cl)cc12)N1CCC(C)C(n2ccnc2)C1. The summed E-state index contributed by atoms with van der Waals surface area (Å²) < 4.78 is 2.22. The first kappa shape index (κ1) is 18.9. The first-order chi connectivity index (χ1) is 13.7. The van der Waals surface area contributed by atoms with Crippen molar-refractivity contribution < 1.29 is 0 Å². The molecule has 3 aromatic rings. The predicted octanol–water partition coefficient (Wildman–Crippen LogP) is 3.72. The molecule has 1 aliphatic heterocycles. The van der Waals surface area contributed by atoms with Crippen molar-refractivity contribution in [3.8, 4) is 0 Å². The van der Waals surface area contributed by atoms with Gasteiger partial charge in [-0.1, -0.05) is 18.5 Å². The normalized spacial score (nSPS) is 20.7. The highest BCUT2D eigenvalue weighted by molar-refractivity contribution is 6.31. The average Bonchev–Trinajstić information content (AvgIpc) is 3.36. The van der Waals surface area contributed by atoms with Crippen LogP contribution in [-0.4, -0.2) is 52.1 Å². The van der Waals surface area contributed by atoms with Gasteiger partial charge < -0.3 is 19.8 Å². The molecule has 0 radical (unpaired) electrons. The molecule has 0 bridgehead atoms. The summed E-state index contributed by atoms with van der Waals surface area (Å²) in [5, 5.41) is 5.50. The third-order valence-electron chi connectivity index (χ3n) is 5.74. The second kappa shape index (κ2) is 8.27. The van der Waals surface area contributed by atoms with Crippen LogP contribution in [0, 0.1) is 5.92 Å². The molecular weight excluding hydrogens is 372 g/mol. The summed E-state index contributed by atoms with van der Waals surface area (Å²) in [5.74, 6) is 1.59. The minimum Gasteiger partial charge on any atom is -0.361 e. The van der Waals surface area contributed by atoms with Gasteiger partial charge in [-0.15, -0.1) is 0 Å². The summed E-state index contributed by atoms with van der Waals surface area (Å²) in [6, 6.07) is 6.39. The number of H-pyrrole nitrogens is 1. The highest BCUT2D eigenvalue weighted by Gasteiger charge is 2.28. The zero-order valence-electron chi connectivity index (χ0n) is 16.4. The highest BCUT2D eigenvalue weighted by atomic mass is 35.5. The number of benzene rings is 1. The molecule has 2 atom stereocenters. The number of nitrogens with one attached hydrogen (secondary N) is 2. The largest absolute Gasteiger partial charge is 0.361 e. The number of aromatic amines is 1. The molecule has 2 aromatic heterocycles. The lowest BCUT2D eigenvalue weighted by atomic mass is 9.93. The van der Waals surface area contributed by atoms with Gasteiger partial charge >= 0.3 is 0 Å². The van der Waals surface area contributed by atoms with Gasteiger partial charge in [0, 0.05) is 61.2 Å². The van der Waals surface area contributed by atoms with Crippen molar-refractivity contribution in [2.75, 3.05) is 26.7 Å². The summed E-state index contributed by atoms with van der Waals surface area (Å²) in [4.78, 5) is 14.4. The van der Waals surface area contributed by atoms with E-state index in [0.29, 0.717) is 12.0 Å². The van der Waals surface area contributed by atoms with Gasteiger partial charge in [-0.2, -0.15) is 0 Å². The van der Waals surface area contributed by atoms with Crippen LogP contribution in [0.2, 0.25) is 5.02 Å². The first-order valence-corrected chi connectivity index (χ1v) is 10.2. The Morgan fingerprint density at radius 1 is 1.43 bits per heavy atom. The van der Waals surface area contributed by atoms with E-state index in [9.17, 15) is 0 Å². The third-order valence-corrected chi connectivity index (χ3v) is 5.98. The average molecular weight is 399 g/mol. The topological polar surface area (TPSA) is 61.2 Å². The van der Waals surface area contributed by atoms with Crippen molar-refractivity contribution in [2.24, 2.45) is 10.9 Å². The van der Waals surface area contributed by atoms with Gasteiger partial charge in [0.1, 0.15) is 0 Å². The van der Waals surface area contributed by atoms with E-state index in [4.69, 9.17) is 11.6 Å². The Balaban J connectivity index is 1.38. The van der Waals surface area contributed by atoms with E-state index in [2.05, 4.69) is 49.1 Å². The Morgan fingerprint density at radius 2 is 2.32 bits per heavy atom. The molecule has 0 saturated carbocycles. The van der Waals surface area contributed by atoms with E-state index in [-0.39, 0.29) is 0 Å². The minimum atomic E-state index is 0.422. The fraction of sp³-hybridized carbons (Fsp3) is 0.429. The van der Waals surface area contributed by atoms with Crippen molar-refractivity contribution in [3.63, 3.8) is 0 Å². The number of aromatic nitrogens is 3. The van der Waals surface area contributed by atoms with E-state index >= 15 is 0 Å². The fourth-order valence-electron chi connectivity index (χ4n) is 4.09. The number of hydrogen-bond acceptors (Lipinski definition) is 2. The third kappa shape index (κ3) is 3.87. The van der Waals surface area contributed by atoms with Crippen molar-refractivity contribution >= 4 is 28.5 Å². The molecule has 7 heteroatoms. The fourth-order valence-corrected chi connectivity index (χ4v) is 4.27. The number of hydrogen-bond donors (Lipinski definition) is 2. The molecule has 3 heterocycles. The van der Waals surface area contributed by atoms with Crippen LogP contribution < -0.4 is 5.32 Å². The maximum atomic E-state index is 6.16. The van der Waals surface area contributed by atoms with Crippen LogP contribution in [-0.2, 0) is 6.42 Å². The van der Waals surface area contributed by atoms with Gasteiger partial charge in [0.25, 0.3) is 0 Å². The standard InChI is InChI=1S/C21H27ClN6/c1-15-6-9-27(13-20(15)28-10-8-24-14-28)21(23-2)25-7-5-16-12-26-19-4-3-17(22)11-18(16)19/h3-4,8,10-12,14-15,20,26H,5-7,9,13H2,1-2H3,(H,23,25). The molecule has 0 amide bonds. The Labute approximate surface area is 170 Å². The summed E-state index contributed by atoms with van der Waals surface area (Å²) in [5.41, 5.74) is 2.39. The van der Waals surface area contributed by atoms with Crippen LogP contribution in [0.15, 0.2) is 48.1 Å². The van der Waals surface area contributed by atoms with Crippen LogP contribution >= 0.6 is 11.6 Å². The van der Waals surface area contributed by atoms with Crippen LogP contribution in [0.1, 0.15) is 24.9 Å². The molecule has 6 nitrogen and oxygen atoms in total. The van der Waals surface area contributed by atoms with Crippen molar-refractivity contribution in [2.45, 2.75) is 25.8 Å². The first-order valence-electron chi connectivity index (χ1n) is 9.84. The lowest BCUT2D eigenvalue weighted by Crippen LogP contribution is -2.49. The van der Waals surface area contributed by atoms with E-state index in [0.717, 1.165) is 49.0 Å². The minimum absolute atomic E-state index is 0.422. The van der Waals surface area contributed by atoms with Gasteiger partial charge in [0.15, 0.2) is 5.96 Å². The highest BCUT2D eigenvalue weighted by Crippen LogP contribution is 2.27. The number of fused-ring (bicyclic) bond motifs is 1. The zero-order valence-corrected chi connectivity index (χ0v) is 17.2. The number of halogens is 1. The van der Waals surface area contributed by atoms with Gasteiger partial charge in [0.05, 0.1) is 12.4 Å². The molecule has 148 valence electrons. The van der Waals surface area contributed by atoms with Crippen LogP contribution in [0.5, 0.6) is 0 Å². The summed E-state index contributed by atoms with van der Waals surface area (Å²) in [7, 11) is 1.86. The molecular formula is C21H27ClN6. The van der Waals surface area contributed by atoms with Gasteiger partial charge in [-0.25, -0.2) is 4.98 Å². The Hall–Kier alpha value is -2.47. The molecule has 1 saturated heterocycles. The number of rotatable bonds is 4. The Bertz CT molecular complexity index is 945. The molecule has 0 spiro atoms. The number of piperidine rings is 1. The lowest BCUT2D eigenvalue weighted by molar-refractivity contribution is 0.189. The molecule has 0 aliphatic carbocycles. The number of nitrogens with zero attached hydrogens (tertiary/aromatic N) is 4. The molecule has 4 rings (SSSR count). The molecule has 2 unspecified atom stereocenters. The van der Waals surface area contributed by atoms with Crippen LogP contribution in [0.3, 0.4) is 0 Å². The van der Waals surface area contributed by atoms with Gasteiger partial charge in [-0.05, 0) is 42.5 Å². The van der Waals surface area contributed by atoms with Crippen LogP contribution in [0.4, 0.5) is 0 Å². The zero-order chi connectivity index (χ0) is 19.5. The molecule has 28 heavy (non-hydrogen) atoms. The monoisotopic (exact) mass is 398 g/mol. The van der Waals surface area contributed by atoms with Crippen molar-refractivity contribution in [1.82, 2.24) is 24.8 Å². The maximum Gasteiger partial charge on any atom is 0.193 e. The predicted molar refractivity (Wildman–Crippen MR) is 115 cm³/mol. The lowest BCUT2D eigenvalue weighted by Gasteiger charge is -2.39. The maximum absolute atomic E-state index is 6.16. The Kier molecular flexibility index (Phi) is 5.57. The van der Waals surface area contributed by atoms with E-state index in [1.807, 2.05) is 37.8 Å². The second-order valence-corrected chi connectivity index (χ2v) is 7.95. The molecule has 1 fully saturated rings. The quantitative estimate of drug-likeness (QED) is 0.520. The number of guanidine groups is 1. The number of likely N-dealkylation sites (tertiary alicyclic amines) is 1. The summed E-state index contributed by atoms with van der Waals surface area (Å²) in [6.07, 6.45) is 9.96. The summed E-state index contributed by atoms with van der Waals surface area (Å²) >= 11 is 6.16. The van der Waals surface area contributed by atoms with E-state index in [1.54, 1.807) is 0 Å². The van der Waals surface area contributed by atoms with Crippen molar-refractivity contribution in [3.05, 3.63) is 53.7 Å². The number of imidazole rings is 1. The number of aliphatic imine (C=N–C) groups is 1. The summed E-state index contributed by atoms with van der Waals surface area (Å²) in [6.45, 7) is 5.11. The second-order valence-electron chi connectivity index (χ2n) is 7.52. The Morgan fingerprint density at radius 3 is 3.11 bits per heavy atom. The van der Waals surface area contributed by atoms with Crippen LogP contribution in [0.25, 0.3) is 10.9 Å². The molecule has 2 N–H and O–H groups in total. The molecule has 1 aliphatic rings. The van der Waals surface area contributed by atoms with Crippen molar-refractivity contribution in [1.29, 1.82) is 0 Å².